The SMILES string of the molecule is CCC/C=C/C=C/C=C/CCC(O)CC(=O)SCCNC(=O)CCNC(=O)C(O)C(C)(C)COP(=O)(O)OP(=O)(O)OCC1OC(n2cnc3c(N)ncnc32)C(O)C1OP(=O)(O)O. The van der Waals surface area contributed by atoms with E-state index in [1.165, 1.54) is 13.8 Å². The summed E-state index contributed by atoms with van der Waals surface area (Å²) in [6, 6.07) is 0. The number of carbonyl (C=O) groups is 3. The molecule has 1 saturated heterocycles. The lowest BCUT2D eigenvalue weighted by atomic mass is 9.87. The summed E-state index contributed by atoms with van der Waals surface area (Å²) in [5, 5.41) is 36.3. The number of allylic oxidation sites excluding steroid dienone is 6. The largest absolute Gasteiger partial charge is 0.481 e. The highest BCUT2D eigenvalue weighted by atomic mass is 32.2. The van der Waals surface area contributed by atoms with E-state index in [-0.39, 0.29) is 53.8 Å². The average molecular weight is 988 g/mol. The van der Waals surface area contributed by atoms with Gasteiger partial charge < -0.3 is 56.0 Å². The number of aromatic nitrogens is 4. The number of rotatable bonds is 28. The Morgan fingerprint density at radius 1 is 0.984 bits per heavy atom. The van der Waals surface area contributed by atoms with Crippen LogP contribution >= 0.6 is 35.2 Å². The Labute approximate surface area is 372 Å². The number of nitrogens with two attached hydrogens (primary N) is 1. The van der Waals surface area contributed by atoms with E-state index in [9.17, 15) is 63.0 Å². The van der Waals surface area contributed by atoms with Gasteiger partial charge in [-0.25, -0.2) is 28.6 Å². The summed E-state index contributed by atoms with van der Waals surface area (Å²) in [7, 11) is -16.4. The second-order valence-corrected chi connectivity index (χ2v) is 20.1. The second-order valence-electron chi connectivity index (χ2n) is 14.8. The third-order valence-electron chi connectivity index (χ3n) is 8.89. The number of aliphatic hydroxyl groups is 3. The van der Waals surface area contributed by atoms with Gasteiger partial charge >= 0.3 is 23.5 Å². The summed E-state index contributed by atoms with van der Waals surface area (Å²) >= 11 is 0.958. The zero-order chi connectivity index (χ0) is 47.7. The van der Waals surface area contributed by atoms with Gasteiger partial charge in [-0.05, 0) is 19.3 Å². The number of hydrogen-bond donors (Lipinski definition) is 10. The van der Waals surface area contributed by atoms with Gasteiger partial charge in [0.05, 0.1) is 25.6 Å². The van der Waals surface area contributed by atoms with Crippen molar-refractivity contribution in [2.24, 2.45) is 5.41 Å². The van der Waals surface area contributed by atoms with Crippen LogP contribution in [-0.4, -0.2) is 134 Å². The van der Waals surface area contributed by atoms with Crippen LogP contribution < -0.4 is 16.4 Å². The Balaban J connectivity index is 1.38. The lowest BCUT2D eigenvalue weighted by molar-refractivity contribution is -0.137. The predicted molar refractivity (Wildman–Crippen MR) is 229 cm³/mol. The molecule has 0 saturated carbocycles. The van der Waals surface area contributed by atoms with Gasteiger partial charge in [-0.2, -0.15) is 4.31 Å². The molecule has 360 valence electrons. The number of thioether (sulfide) groups is 1. The minimum atomic E-state index is -5.59. The van der Waals surface area contributed by atoms with Crippen molar-refractivity contribution in [2.75, 3.05) is 37.8 Å². The number of carbonyl (C=O) groups excluding carboxylic acids is 3. The first kappa shape index (κ1) is 55.1. The molecule has 0 bridgehead atoms. The molecule has 3 rings (SSSR count). The maximum Gasteiger partial charge on any atom is 0.481 e. The lowest BCUT2D eigenvalue weighted by Crippen LogP contribution is -2.46. The molecule has 8 atom stereocenters. The van der Waals surface area contributed by atoms with Crippen molar-refractivity contribution in [3.63, 3.8) is 0 Å². The van der Waals surface area contributed by atoms with Crippen molar-refractivity contribution in [3.8, 4) is 0 Å². The molecule has 25 nitrogen and oxygen atoms in total. The smallest absolute Gasteiger partial charge is 0.393 e. The molecule has 3 heterocycles. The van der Waals surface area contributed by atoms with Crippen LogP contribution in [-0.2, 0) is 50.7 Å². The fourth-order valence-corrected chi connectivity index (χ4v) is 9.15. The minimum Gasteiger partial charge on any atom is -0.393 e. The van der Waals surface area contributed by atoms with Gasteiger partial charge in [0.25, 0.3) is 0 Å². The highest BCUT2D eigenvalue weighted by Crippen LogP contribution is 2.61. The van der Waals surface area contributed by atoms with E-state index >= 15 is 0 Å². The number of nitrogen functional groups attached to an aromatic ring is 1. The number of nitrogens with zero attached hydrogens (tertiary/aromatic N) is 4. The summed E-state index contributed by atoms with van der Waals surface area (Å²) in [4.78, 5) is 88.1. The average Bonchev–Trinajstić information content (AvgIpc) is 3.76. The van der Waals surface area contributed by atoms with Crippen LogP contribution in [0.3, 0.4) is 0 Å². The van der Waals surface area contributed by atoms with Gasteiger partial charge in [-0.1, -0.05) is 75.4 Å². The van der Waals surface area contributed by atoms with E-state index in [0.29, 0.717) is 12.8 Å². The zero-order valence-corrected chi connectivity index (χ0v) is 38.6. The van der Waals surface area contributed by atoms with Crippen molar-refractivity contribution in [1.29, 1.82) is 0 Å². The van der Waals surface area contributed by atoms with Crippen LogP contribution in [0.1, 0.15) is 65.5 Å². The summed E-state index contributed by atoms with van der Waals surface area (Å²) in [5.41, 5.74) is 4.24. The van der Waals surface area contributed by atoms with Crippen LogP contribution in [0.5, 0.6) is 0 Å². The van der Waals surface area contributed by atoms with Gasteiger partial charge in [0.2, 0.25) is 11.8 Å². The van der Waals surface area contributed by atoms with E-state index in [1.807, 2.05) is 30.4 Å². The number of nitrogens with one attached hydrogen (secondary N) is 2. The Morgan fingerprint density at radius 2 is 1.66 bits per heavy atom. The summed E-state index contributed by atoms with van der Waals surface area (Å²) in [5.74, 6) is -1.28. The number of fused-ring (bicyclic) bond motifs is 1. The van der Waals surface area contributed by atoms with E-state index < -0.39 is 90.7 Å². The maximum absolute atomic E-state index is 12.7. The van der Waals surface area contributed by atoms with E-state index in [4.69, 9.17) is 19.5 Å². The molecule has 2 amide bonds. The van der Waals surface area contributed by atoms with Gasteiger partial charge in [-0.15, -0.1) is 0 Å². The van der Waals surface area contributed by atoms with Crippen molar-refractivity contribution in [3.05, 3.63) is 49.1 Å². The van der Waals surface area contributed by atoms with Crippen LogP contribution in [0.15, 0.2) is 49.1 Å². The zero-order valence-electron chi connectivity index (χ0n) is 35.1. The van der Waals surface area contributed by atoms with Crippen molar-refractivity contribution < 1.29 is 85.6 Å². The third kappa shape index (κ3) is 18.9. The molecular weight excluding hydrogens is 931 g/mol. The first-order chi connectivity index (χ1) is 29.9. The monoisotopic (exact) mass is 987 g/mol. The first-order valence-corrected chi connectivity index (χ1v) is 25.2. The highest BCUT2D eigenvalue weighted by Gasteiger charge is 2.50. The van der Waals surface area contributed by atoms with Crippen LogP contribution in [0.4, 0.5) is 5.82 Å². The number of aliphatic hydroxyl groups excluding tert-OH is 3. The highest BCUT2D eigenvalue weighted by molar-refractivity contribution is 8.13. The number of unbranched alkanes of at least 4 members (excludes halogenated alkanes) is 1. The Hall–Kier alpha value is -3.26. The minimum absolute atomic E-state index is 0.0248. The number of ether oxygens (including phenoxy) is 1. The van der Waals surface area contributed by atoms with E-state index in [1.54, 1.807) is 0 Å². The first-order valence-electron chi connectivity index (χ1n) is 19.7. The van der Waals surface area contributed by atoms with Gasteiger partial charge in [0, 0.05) is 37.1 Å². The van der Waals surface area contributed by atoms with Crippen molar-refractivity contribution >= 4 is 69.1 Å². The third-order valence-corrected chi connectivity index (χ3v) is 12.9. The number of anilines is 1. The van der Waals surface area contributed by atoms with Gasteiger partial charge in [0.1, 0.15) is 36.3 Å². The normalized spacial score (nSPS) is 21.3. The van der Waals surface area contributed by atoms with Crippen LogP contribution in [0.2, 0.25) is 0 Å². The van der Waals surface area contributed by atoms with Crippen molar-refractivity contribution in [1.82, 2.24) is 30.2 Å². The maximum atomic E-state index is 12.7. The number of amides is 2. The molecule has 0 aromatic carbocycles. The van der Waals surface area contributed by atoms with Crippen LogP contribution in [0.25, 0.3) is 11.2 Å². The van der Waals surface area contributed by atoms with E-state index in [2.05, 4.69) is 47.4 Å². The molecule has 11 N–H and O–H groups in total. The predicted octanol–water partition coefficient (Wildman–Crippen LogP) is 1.66. The fourth-order valence-electron chi connectivity index (χ4n) is 5.58. The van der Waals surface area contributed by atoms with E-state index in [0.717, 1.165) is 41.8 Å². The topological polar surface area (TPSA) is 384 Å². The molecule has 0 aliphatic carbocycles. The van der Waals surface area contributed by atoms with Gasteiger partial charge in [-0.3, -0.25) is 32.5 Å². The number of phosphoric ester groups is 3. The quantitative estimate of drug-likeness (QED) is 0.0329. The lowest BCUT2D eigenvalue weighted by Gasteiger charge is -2.30. The molecule has 1 aliphatic rings. The van der Waals surface area contributed by atoms with Crippen molar-refractivity contribution in [2.45, 2.75) is 96.0 Å². The molecule has 64 heavy (non-hydrogen) atoms. The Kier molecular flexibility index (Phi) is 22.0. The molecule has 29 heteroatoms. The number of imidazole rings is 1. The Morgan fingerprint density at radius 3 is 2.33 bits per heavy atom. The molecule has 2 aromatic heterocycles. The Bertz CT molecular complexity index is 2100. The molecule has 0 spiro atoms. The number of phosphoric acid groups is 3. The summed E-state index contributed by atoms with van der Waals surface area (Å²) in [6.07, 6.45) is 6.87. The molecule has 0 radical (unpaired) electrons. The summed E-state index contributed by atoms with van der Waals surface area (Å²) in [6.45, 7) is 2.43. The molecule has 1 aliphatic heterocycles. The summed E-state index contributed by atoms with van der Waals surface area (Å²) < 4.78 is 62.3. The molecule has 8 unspecified atom stereocenters. The van der Waals surface area contributed by atoms with Gasteiger partial charge in [0.15, 0.2) is 22.8 Å². The molecule has 1 fully saturated rings. The number of hydrogen-bond acceptors (Lipinski definition) is 19. The molecule has 2 aromatic rings. The second kappa shape index (κ2) is 25.6. The fraction of sp³-hybridized carbons (Fsp3) is 0.600. The standard InChI is InChI=1S/C35H56N7O18P3S/c1-4-5-6-7-8-9-10-11-12-13-23(43)18-26(45)64-17-16-37-25(44)14-15-38-33(48)30(47)35(2,3)20-57-63(54,55)60-62(52,53)56-19-24-29(59-61(49,50)51)28(46)34(58-24)42-22-41-27-31(36)39-21-40-32(27)42/h6-11,21-24,28-30,34,43,46-47H,4-5,12-20H2,1-3H3,(H,37,44)(H,38,48)(H,52,53)(H,54,55)(H2,36,39,40)(H2,49,50,51)/b7-6+,9-8+,11-10+. The van der Waals surface area contributed by atoms with Crippen LogP contribution in [0, 0.1) is 5.41 Å². The molecular formula is C35H56N7O18P3S.